The largest absolute Gasteiger partial charge is 0.469 e. The molecule has 21 heavy (non-hydrogen) atoms. The summed E-state index contributed by atoms with van der Waals surface area (Å²) in [6, 6.07) is 17.1. The van der Waals surface area contributed by atoms with Crippen molar-refractivity contribution in [3.8, 4) is 11.8 Å². The minimum absolute atomic E-state index is 0.0581. The number of thiophene rings is 1. The van der Waals surface area contributed by atoms with Crippen LogP contribution in [0.1, 0.15) is 25.9 Å². The highest BCUT2D eigenvalue weighted by Crippen LogP contribution is 2.18. The van der Waals surface area contributed by atoms with Crippen LogP contribution in [0, 0.1) is 11.8 Å². The van der Waals surface area contributed by atoms with E-state index in [0.717, 1.165) is 10.4 Å². The Morgan fingerprint density at radius 3 is 2.62 bits per heavy atom. The number of carbonyl (C=O) groups excluding carboxylic acids is 1. The fourth-order valence-electron chi connectivity index (χ4n) is 1.87. The highest BCUT2D eigenvalue weighted by molar-refractivity contribution is 7.14. The van der Waals surface area contributed by atoms with Gasteiger partial charge in [-0.3, -0.25) is 4.79 Å². The molecule has 0 fully saturated rings. The molecule has 2 heterocycles. The number of ketones is 1. The molecular formula is C18H12O2S. The van der Waals surface area contributed by atoms with Crippen molar-refractivity contribution in [3.63, 3.8) is 0 Å². The van der Waals surface area contributed by atoms with Crippen molar-refractivity contribution in [1.29, 1.82) is 0 Å². The summed E-state index contributed by atoms with van der Waals surface area (Å²) in [7, 11) is 0. The van der Waals surface area contributed by atoms with Crippen molar-refractivity contribution >= 4 is 17.1 Å². The van der Waals surface area contributed by atoms with E-state index in [2.05, 4.69) is 11.8 Å². The quantitative estimate of drug-likeness (QED) is 0.536. The zero-order valence-corrected chi connectivity index (χ0v) is 12.0. The third-order valence-electron chi connectivity index (χ3n) is 2.90. The van der Waals surface area contributed by atoms with Gasteiger partial charge in [-0.05, 0) is 36.4 Å². The summed E-state index contributed by atoms with van der Waals surface area (Å²) in [5.41, 5.74) is 0.967. The van der Waals surface area contributed by atoms with Crippen LogP contribution in [0.15, 0.2) is 65.3 Å². The molecule has 2 aromatic heterocycles. The summed E-state index contributed by atoms with van der Waals surface area (Å²) >= 11 is 1.42. The normalized spacial score (nSPS) is 9.90. The zero-order valence-electron chi connectivity index (χ0n) is 11.2. The minimum Gasteiger partial charge on any atom is -0.469 e. The van der Waals surface area contributed by atoms with Crippen LogP contribution >= 0.6 is 11.3 Å². The van der Waals surface area contributed by atoms with Crippen LogP contribution in [0.5, 0.6) is 0 Å². The van der Waals surface area contributed by atoms with Gasteiger partial charge in [-0.2, -0.15) is 0 Å². The number of benzene rings is 1. The summed E-state index contributed by atoms with van der Waals surface area (Å²) in [6.45, 7) is 0. The van der Waals surface area contributed by atoms with E-state index in [9.17, 15) is 4.79 Å². The van der Waals surface area contributed by atoms with E-state index in [1.165, 1.54) is 11.3 Å². The van der Waals surface area contributed by atoms with Gasteiger partial charge in [0.25, 0.3) is 0 Å². The van der Waals surface area contributed by atoms with E-state index in [0.29, 0.717) is 17.1 Å². The fourth-order valence-corrected chi connectivity index (χ4v) is 2.67. The Morgan fingerprint density at radius 2 is 1.86 bits per heavy atom. The second-order valence-corrected chi connectivity index (χ2v) is 5.54. The lowest BCUT2D eigenvalue weighted by Gasteiger charge is -1.93. The zero-order chi connectivity index (χ0) is 14.5. The lowest BCUT2D eigenvalue weighted by molar-refractivity contribution is 0.0991. The lowest BCUT2D eigenvalue weighted by atomic mass is 10.2. The van der Waals surface area contributed by atoms with Crippen LogP contribution in [-0.4, -0.2) is 5.78 Å². The lowest BCUT2D eigenvalue weighted by Crippen LogP contribution is -1.99. The summed E-state index contributed by atoms with van der Waals surface area (Å²) in [6.07, 6.45) is 1.87. The predicted molar refractivity (Wildman–Crippen MR) is 83.5 cm³/mol. The third kappa shape index (κ3) is 3.50. The van der Waals surface area contributed by atoms with Crippen LogP contribution in [0.25, 0.3) is 0 Å². The van der Waals surface area contributed by atoms with Crippen LogP contribution in [-0.2, 0) is 6.42 Å². The number of hydrogen-bond acceptors (Lipinski definition) is 3. The van der Waals surface area contributed by atoms with Crippen LogP contribution in [0.2, 0.25) is 0 Å². The van der Waals surface area contributed by atoms with Crippen molar-refractivity contribution in [3.05, 3.63) is 81.9 Å². The van der Waals surface area contributed by atoms with E-state index in [4.69, 9.17) is 4.42 Å². The summed E-state index contributed by atoms with van der Waals surface area (Å²) in [4.78, 5) is 13.7. The van der Waals surface area contributed by atoms with Gasteiger partial charge in [-0.1, -0.05) is 30.0 Å². The van der Waals surface area contributed by atoms with Gasteiger partial charge in [0.15, 0.2) is 5.78 Å². The molecule has 3 heteroatoms. The molecule has 0 bridgehead atoms. The molecular weight excluding hydrogens is 280 g/mol. The topological polar surface area (TPSA) is 30.2 Å². The first-order valence-electron chi connectivity index (χ1n) is 6.54. The Morgan fingerprint density at radius 1 is 1.00 bits per heavy atom. The number of Topliss-reactive ketones (excluding diaryl/α,β-unsaturated/α-hetero) is 1. The third-order valence-corrected chi connectivity index (χ3v) is 3.94. The summed E-state index contributed by atoms with van der Waals surface area (Å²) < 4.78 is 5.19. The van der Waals surface area contributed by atoms with Crippen LogP contribution < -0.4 is 0 Å². The highest BCUT2D eigenvalue weighted by atomic mass is 32.1. The van der Waals surface area contributed by atoms with Crippen LogP contribution in [0.4, 0.5) is 0 Å². The van der Waals surface area contributed by atoms with E-state index >= 15 is 0 Å². The van der Waals surface area contributed by atoms with Gasteiger partial charge in [0, 0.05) is 5.56 Å². The molecule has 0 spiro atoms. The van der Waals surface area contributed by atoms with Gasteiger partial charge in [0.05, 0.1) is 22.4 Å². The van der Waals surface area contributed by atoms with Gasteiger partial charge >= 0.3 is 0 Å². The first-order chi connectivity index (χ1) is 10.3. The molecule has 0 aliphatic rings. The molecule has 0 N–H and O–H groups in total. The molecule has 0 saturated heterocycles. The van der Waals surface area contributed by atoms with Gasteiger partial charge in [-0.15, -0.1) is 11.3 Å². The molecule has 102 valence electrons. The number of hydrogen-bond donors (Lipinski definition) is 0. The standard InChI is InChI=1S/C18H12O2S/c19-17(13-15-7-4-12-20-15)18-11-10-16(21-18)9-8-14-5-2-1-3-6-14/h1-7,10-12H,13H2. The SMILES string of the molecule is O=C(Cc1ccco1)c1ccc(C#Cc2ccccc2)s1. The van der Waals surface area contributed by atoms with Crippen molar-refractivity contribution in [2.75, 3.05) is 0 Å². The van der Waals surface area contributed by atoms with Crippen LogP contribution in [0.3, 0.4) is 0 Å². The molecule has 0 aliphatic heterocycles. The fraction of sp³-hybridized carbons (Fsp3) is 0.0556. The second-order valence-electron chi connectivity index (χ2n) is 4.46. The average Bonchev–Trinajstić information content (AvgIpc) is 3.17. The number of carbonyl (C=O) groups is 1. The average molecular weight is 292 g/mol. The second kappa shape index (κ2) is 6.25. The van der Waals surface area contributed by atoms with Crippen molar-refractivity contribution < 1.29 is 9.21 Å². The number of rotatable bonds is 3. The van der Waals surface area contributed by atoms with E-state index < -0.39 is 0 Å². The maximum Gasteiger partial charge on any atom is 0.180 e. The van der Waals surface area contributed by atoms with Crippen molar-refractivity contribution in [1.82, 2.24) is 0 Å². The Balaban J connectivity index is 1.72. The maximum absolute atomic E-state index is 12.1. The van der Waals surface area contributed by atoms with E-state index in [-0.39, 0.29) is 5.78 Å². The highest BCUT2D eigenvalue weighted by Gasteiger charge is 2.11. The molecule has 3 aromatic rings. The first kappa shape index (κ1) is 13.4. The first-order valence-corrected chi connectivity index (χ1v) is 7.35. The Hall–Kier alpha value is -2.57. The Kier molecular flexibility index (Phi) is 3.99. The maximum atomic E-state index is 12.1. The Labute approximate surface area is 127 Å². The molecule has 0 aliphatic carbocycles. The monoisotopic (exact) mass is 292 g/mol. The predicted octanol–water partition coefficient (Wildman–Crippen LogP) is 4.17. The minimum atomic E-state index is 0.0581. The summed E-state index contributed by atoms with van der Waals surface area (Å²) in [5.74, 6) is 6.92. The van der Waals surface area contributed by atoms with Gasteiger partial charge < -0.3 is 4.42 Å². The van der Waals surface area contributed by atoms with E-state index in [1.807, 2.05) is 48.5 Å². The van der Waals surface area contributed by atoms with Gasteiger partial charge in [0.2, 0.25) is 0 Å². The molecule has 0 unspecified atom stereocenters. The number of furan rings is 1. The molecule has 2 nitrogen and oxygen atoms in total. The molecule has 0 atom stereocenters. The molecule has 0 radical (unpaired) electrons. The van der Waals surface area contributed by atoms with E-state index in [1.54, 1.807) is 12.3 Å². The summed E-state index contributed by atoms with van der Waals surface area (Å²) in [5, 5.41) is 0. The molecule has 0 saturated carbocycles. The van der Waals surface area contributed by atoms with Gasteiger partial charge in [-0.25, -0.2) is 0 Å². The van der Waals surface area contributed by atoms with Gasteiger partial charge in [0.1, 0.15) is 5.76 Å². The smallest absolute Gasteiger partial charge is 0.180 e. The van der Waals surface area contributed by atoms with Crippen molar-refractivity contribution in [2.24, 2.45) is 0 Å². The Bertz CT molecular complexity index is 787. The van der Waals surface area contributed by atoms with Crippen molar-refractivity contribution in [2.45, 2.75) is 6.42 Å². The molecule has 3 rings (SSSR count). The molecule has 1 aromatic carbocycles. The molecule has 0 amide bonds.